The number of carbonyl (C=O) groups is 1. The van der Waals surface area contributed by atoms with Gasteiger partial charge in [-0.2, -0.15) is 13.2 Å². The van der Waals surface area contributed by atoms with Crippen LogP contribution in [0.4, 0.5) is 18.0 Å². The van der Waals surface area contributed by atoms with Crippen molar-refractivity contribution >= 4 is 6.09 Å². The van der Waals surface area contributed by atoms with Gasteiger partial charge in [0, 0.05) is 13.0 Å². The Morgan fingerprint density at radius 1 is 1.32 bits per heavy atom. The minimum Gasteiger partial charge on any atom is -0.463 e. The third-order valence-corrected chi connectivity index (χ3v) is 2.77. The molecule has 1 unspecified atom stereocenters. The molecule has 0 saturated heterocycles. The number of alkyl halides is 3. The Hall–Kier alpha value is -1.70. The summed E-state index contributed by atoms with van der Waals surface area (Å²) in [6.07, 6.45) is -6.58. The van der Waals surface area contributed by atoms with Crippen LogP contribution in [0, 0.1) is 6.92 Å². The first kappa shape index (κ1) is 18.3. The van der Waals surface area contributed by atoms with E-state index in [1.807, 2.05) is 0 Å². The molecule has 1 heterocycles. The highest BCUT2D eigenvalue weighted by atomic mass is 19.4. The molecule has 1 rings (SSSR count). The fraction of sp³-hybridized carbons (Fsp3) is 0.643. The number of carbonyl (C=O) groups excluding carboxylic acids is 1. The number of ether oxygens (including phenoxy) is 1. The first-order chi connectivity index (χ1) is 9.85. The molecule has 0 radical (unpaired) electrons. The van der Waals surface area contributed by atoms with Crippen LogP contribution in [0.2, 0.25) is 0 Å². The summed E-state index contributed by atoms with van der Waals surface area (Å²) in [7, 11) is 0. The van der Waals surface area contributed by atoms with Crippen molar-refractivity contribution in [3.63, 3.8) is 0 Å². The lowest BCUT2D eigenvalue weighted by Crippen LogP contribution is -2.45. The molecule has 1 aromatic heterocycles. The maximum Gasteiger partial charge on any atom is 0.424 e. The predicted molar refractivity (Wildman–Crippen MR) is 72.3 cm³/mol. The highest BCUT2D eigenvalue weighted by Crippen LogP contribution is 2.41. The lowest BCUT2D eigenvalue weighted by molar-refractivity contribution is -0.274. The van der Waals surface area contributed by atoms with Crippen molar-refractivity contribution in [2.24, 2.45) is 0 Å². The van der Waals surface area contributed by atoms with Crippen molar-refractivity contribution in [1.29, 1.82) is 0 Å². The molecule has 22 heavy (non-hydrogen) atoms. The minimum absolute atomic E-state index is 0.248. The van der Waals surface area contributed by atoms with Gasteiger partial charge in [-0.1, -0.05) is 0 Å². The van der Waals surface area contributed by atoms with Crippen molar-refractivity contribution in [2.75, 3.05) is 6.54 Å². The van der Waals surface area contributed by atoms with E-state index >= 15 is 0 Å². The molecular weight excluding hydrogens is 303 g/mol. The zero-order chi connectivity index (χ0) is 17.2. The number of halogens is 3. The molecule has 0 aliphatic rings. The summed E-state index contributed by atoms with van der Waals surface area (Å²) >= 11 is 0. The maximum absolute atomic E-state index is 13.1. The van der Waals surface area contributed by atoms with Crippen molar-refractivity contribution < 1.29 is 32.2 Å². The van der Waals surface area contributed by atoms with E-state index in [0.29, 0.717) is 0 Å². The average Bonchev–Trinajstić information content (AvgIpc) is 2.72. The number of nitrogens with one attached hydrogen (secondary N) is 1. The van der Waals surface area contributed by atoms with Gasteiger partial charge in [-0.3, -0.25) is 0 Å². The van der Waals surface area contributed by atoms with E-state index in [-0.39, 0.29) is 5.76 Å². The van der Waals surface area contributed by atoms with Gasteiger partial charge in [0.15, 0.2) is 0 Å². The van der Waals surface area contributed by atoms with Crippen molar-refractivity contribution in [1.82, 2.24) is 5.32 Å². The Morgan fingerprint density at radius 2 is 1.91 bits per heavy atom. The molecule has 0 aromatic carbocycles. The van der Waals surface area contributed by atoms with E-state index in [1.54, 1.807) is 20.8 Å². The number of aryl methyl sites for hydroxylation is 1. The molecule has 0 aliphatic heterocycles. The van der Waals surface area contributed by atoms with Crippen LogP contribution in [-0.4, -0.2) is 29.5 Å². The number of hydrogen-bond donors (Lipinski definition) is 2. The molecule has 1 aromatic rings. The first-order valence-electron chi connectivity index (χ1n) is 6.68. The van der Waals surface area contributed by atoms with Gasteiger partial charge < -0.3 is 19.6 Å². The van der Waals surface area contributed by atoms with Crippen molar-refractivity contribution in [2.45, 2.75) is 51.5 Å². The number of amides is 1. The standard InChI is InChI=1S/C14H20F3NO4/c1-9-5-6-10(21-9)13(20,14(15,16)17)7-8-18-11(19)22-12(2,3)4/h5-6,20H,7-8H2,1-4H3,(H,18,19). The van der Waals surface area contributed by atoms with E-state index in [2.05, 4.69) is 5.32 Å². The number of hydrogen-bond acceptors (Lipinski definition) is 4. The summed E-state index contributed by atoms with van der Waals surface area (Å²) in [6, 6.07) is 2.39. The van der Waals surface area contributed by atoms with E-state index < -0.39 is 42.2 Å². The fourth-order valence-electron chi connectivity index (χ4n) is 1.72. The van der Waals surface area contributed by atoms with Gasteiger partial charge in [-0.15, -0.1) is 0 Å². The second-order valence-electron chi connectivity index (χ2n) is 5.95. The van der Waals surface area contributed by atoms with Crippen molar-refractivity contribution in [3.8, 4) is 0 Å². The summed E-state index contributed by atoms with van der Waals surface area (Å²) in [6.45, 7) is 5.93. The van der Waals surface area contributed by atoms with Crippen LogP contribution in [0.15, 0.2) is 16.5 Å². The summed E-state index contributed by atoms with van der Waals surface area (Å²) in [5.74, 6) is -0.360. The van der Waals surface area contributed by atoms with Gasteiger partial charge in [0.05, 0.1) is 0 Å². The zero-order valence-corrected chi connectivity index (χ0v) is 12.9. The van der Waals surface area contributed by atoms with Gasteiger partial charge in [0.2, 0.25) is 5.60 Å². The summed E-state index contributed by atoms with van der Waals surface area (Å²) in [5.41, 5.74) is -3.93. The molecule has 1 atom stereocenters. The van der Waals surface area contributed by atoms with Gasteiger partial charge in [-0.25, -0.2) is 4.79 Å². The predicted octanol–water partition coefficient (Wildman–Crippen LogP) is 3.25. The monoisotopic (exact) mass is 323 g/mol. The summed E-state index contributed by atoms with van der Waals surface area (Å²) in [5, 5.41) is 12.1. The average molecular weight is 323 g/mol. The molecule has 1 amide bonds. The fourth-order valence-corrected chi connectivity index (χ4v) is 1.72. The van der Waals surface area contributed by atoms with Crippen molar-refractivity contribution in [3.05, 3.63) is 23.7 Å². The quantitative estimate of drug-likeness (QED) is 0.892. The third-order valence-electron chi connectivity index (χ3n) is 2.77. The highest BCUT2D eigenvalue weighted by Gasteiger charge is 2.56. The number of furan rings is 1. The van der Waals surface area contributed by atoms with Crippen LogP contribution in [0.3, 0.4) is 0 Å². The van der Waals surface area contributed by atoms with E-state index in [0.717, 1.165) is 6.07 Å². The van der Waals surface area contributed by atoms with E-state index in [1.165, 1.54) is 13.0 Å². The Labute approximate surface area is 126 Å². The first-order valence-corrected chi connectivity index (χ1v) is 6.68. The van der Waals surface area contributed by atoms with Crippen LogP contribution in [0.1, 0.15) is 38.7 Å². The van der Waals surface area contributed by atoms with E-state index in [9.17, 15) is 23.1 Å². The molecule has 0 saturated carbocycles. The van der Waals surface area contributed by atoms with Gasteiger partial charge >= 0.3 is 12.3 Å². The Balaban J connectivity index is 2.75. The van der Waals surface area contributed by atoms with Crippen LogP contribution in [0.5, 0.6) is 0 Å². The SMILES string of the molecule is Cc1ccc(C(O)(CCNC(=O)OC(C)(C)C)C(F)(F)F)o1. The Morgan fingerprint density at radius 3 is 2.32 bits per heavy atom. The summed E-state index contributed by atoms with van der Waals surface area (Å²) < 4.78 is 49.2. The second-order valence-corrected chi connectivity index (χ2v) is 5.95. The molecule has 5 nitrogen and oxygen atoms in total. The lowest BCUT2D eigenvalue weighted by Gasteiger charge is -2.28. The van der Waals surface area contributed by atoms with Crippen LogP contribution in [0.25, 0.3) is 0 Å². The highest BCUT2D eigenvalue weighted by molar-refractivity contribution is 5.67. The number of alkyl carbamates (subject to hydrolysis) is 1. The van der Waals surface area contributed by atoms with Gasteiger partial charge in [0.25, 0.3) is 0 Å². The van der Waals surface area contributed by atoms with Crippen LogP contribution in [-0.2, 0) is 10.3 Å². The maximum atomic E-state index is 13.1. The van der Waals surface area contributed by atoms with E-state index in [4.69, 9.17) is 9.15 Å². The number of aliphatic hydroxyl groups is 1. The van der Waals surface area contributed by atoms with Crippen LogP contribution >= 0.6 is 0 Å². The normalized spacial score (nSPS) is 15.3. The third kappa shape index (κ3) is 4.66. The minimum atomic E-state index is -4.94. The summed E-state index contributed by atoms with van der Waals surface area (Å²) in [4.78, 5) is 11.4. The molecule has 2 N–H and O–H groups in total. The zero-order valence-electron chi connectivity index (χ0n) is 12.9. The molecule has 0 spiro atoms. The Bertz CT molecular complexity index is 519. The number of rotatable bonds is 4. The molecule has 0 aliphatic carbocycles. The topological polar surface area (TPSA) is 71.7 Å². The molecular formula is C14H20F3NO4. The molecule has 0 bridgehead atoms. The molecule has 0 fully saturated rings. The lowest BCUT2D eigenvalue weighted by atomic mass is 9.96. The van der Waals surface area contributed by atoms with Crippen LogP contribution < -0.4 is 5.32 Å². The van der Waals surface area contributed by atoms with Gasteiger partial charge in [-0.05, 0) is 39.8 Å². The smallest absolute Gasteiger partial charge is 0.424 e. The Kier molecular flexibility index (Phi) is 5.17. The largest absolute Gasteiger partial charge is 0.463 e. The second kappa shape index (κ2) is 6.20. The van der Waals surface area contributed by atoms with Gasteiger partial charge in [0.1, 0.15) is 17.1 Å². The molecule has 8 heteroatoms. The molecule has 126 valence electrons.